The topological polar surface area (TPSA) is 76.2 Å². The van der Waals surface area contributed by atoms with Crippen LogP contribution in [0, 0.1) is 0 Å². The van der Waals surface area contributed by atoms with Crippen LogP contribution >= 0.6 is 11.6 Å². The van der Waals surface area contributed by atoms with Gasteiger partial charge >= 0.3 is 0 Å². The number of rotatable bonds is 6. The molecule has 0 bridgehead atoms. The Bertz CT molecular complexity index is 907. The fourth-order valence-corrected chi connectivity index (χ4v) is 2.62. The van der Waals surface area contributed by atoms with Crippen LogP contribution < -0.4 is 14.8 Å². The van der Waals surface area contributed by atoms with Crippen LogP contribution in [0.2, 0.25) is 5.02 Å². The summed E-state index contributed by atoms with van der Waals surface area (Å²) in [7, 11) is 3.17. The van der Waals surface area contributed by atoms with Crippen LogP contribution in [-0.4, -0.2) is 30.3 Å². The molecule has 134 valence electrons. The van der Waals surface area contributed by atoms with Gasteiger partial charge < -0.3 is 14.8 Å². The van der Waals surface area contributed by atoms with Crippen LogP contribution in [0.1, 0.15) is 16.1 Å². The third-order valence-electron chi connectivity index (χ3n) is 3.89. The normalized spacial score (nSPS) is 10.4. The molecule has 7 heteroatoms. The van der Waals surface area contributed by atoms with Gasteiger partial charge in [-0.2, -0.15) is 5.10 Å². The van der Waals surface area contributed by atoms with Crippen molar-refractivity contribution in [2.75, 3.05) is 14.2 Å². The van der Waals surface area contributed by atoms with Crippen molar-refractivity contribution in [3.05, 3.63) is 64.8 Å². The van der Waals surface area contributed by atoms with E-state index in [4.69, 9.17) is 21.1 Å². The quantitative estimate of drug-likeness (QED) is 0.693. The van der Waals surface area contributed by atoms with Gasteiger partial charge in [0.2, 0.25) is 0 Å². The molecule has 2 aromatic carbocycles. The van der Waals surface area contributed by atoms with Crippen LogP contribution in [0.25, 0.3) is 11.3 Å². The second kappa shape index (κ2) is 7.93. The number of nitrogens with one attached hydrogen (secondary N) is 2. The second-order valence-corrected chi connectivity index (χ2v) is 5.97. The Morgan fingerprint density at radius 2 is 1.88 bits per heavy atom. The van der Waals surface area contributed by atoms with E-state index >= 15 is 0 Å². The molecule has 0 fully saturated rings. The number of hydrogen-bond acceptors (Lipinski definition) is 4. The summed E-state index contributed by atoms with van der Waals surface area (Å²) in [6.45, 7) is 0.300. The fraction of sp³-hybridized carbons (Fsp3) is 0.158. The van der Waals surface area contributed by atoms with Crippen molar-refractivity contribution < 1.29 is 14.3 Å². The number of hydrogen-bond donors (Lipinski definition) is 2. The van der Waals surface area contributed by atoms with E-state index in [1.807, 2.05) is 18.2 Å². The number of ether oxygens (including phenoxy) is 2. The van der Waals surface area contributed by atoms with E-state index in [9.17, 15) is 4.79 Å². The highest BCUT2D eigenvalue weighted by molar-refractivity contribution is 6.30. The van der Waals surface area contributed by atoms with E-state index in [0.717, 1.165) is 11.1 Å². The molecule has 0 atom stereocenters. The number of H-pyrrole nitrogens is 1. The summed E-state index contributed by atoms with van der Waals surface area (Å²) in [6, 6.07) is 14.4. The predicted octanol–water partition coefficient (Wildman–Crippen LogP) is 3.68. The lowest BCUT2D eigenvalue weighted by atomic mass is 10.1. The summed E-state index contributed by atoms with van der Waals surface area (Å²) in [5.74, 6) is 1.11. The van der Waals surface area contributed by atoms with Crippen LogP contribution in [-0.2, 0) is 6.54 Å². The first-order valence-corrected chi connectivity index (χ1v) is 8.29. The summed E-state index contributed by atoms with van der Waals surface area (Å²) in [5.41, 5.74) is 2.74. The number of carbonyl (C=O) groups is 1. The smallest absolute Gasteiger partial charge is 0.269 e. The van der Waals surface area contributed by atoms with Crippen molar-refractivity contribution in [3.8, 4) is 22.8 Å². The van der Waals surface area contributed by atoms with Crippen LogP contribution in [0.3, 0.4) is 0 Å². The van der Waals surface area contributed by atoms with E-state index in [0.29, 0.717) is 34.5 Å². The van der Waals surface area contributed by atoms with Gasteiger partial charge in [0.1, 0.15) is 17.2 Å². The minimum absolute atomic E-state index is 0.261. The lowest BCUT2D eigenvalue weighted by Gasteiger charge is -2.11. The second-order valence-electron chi connectivity index (χ2n) is 5.53. The van der Waals surface area contributed by atoms with Gasteiger partial charge in [-0.3, -0.25) is 9.89 Å². The number of methoxy groups -OCH3 is 2. The van der Waals surface area contributed by atoms with Gasteiger partial charge in [0.15, 0.2) is 0 Å². The monoisotopic (exact) mass is 371 g/mol. The minimum atomic E-state index is -0.261. The molecule has 3 aromatic rings. The van der Waals surface area contributed by atoms with Crippen molar-refractivity contribution in [3.63, 3.8) is 0 Å². The minimum Gasteiger partial charge on any atom is -0.497 e. The van der Waals surface area contributed by atoms with Gasteiger partial charge in [-0.1, -0.05) is 23.7 Å². The molecular weight excluding hydrogens is 354 g/mol. The molecule has 2 N–H and O–H groups in total. The molecular formula is C19H18ClN3O3. The SMILES string of the molecule is COc1ccc(OC)c(CNC(=O)c2cc(-c3ccc(Cl)cc3)n[nH]2)c1. The Kier molecular flexibility index (Phi) is 5.43. The van der Waals surface area contributed by atoms with Crippen molar-refractivity contribution in [1.29, 1.82) is 0 Å². The predicted molar refractivity (Wildman–Crippen MR) is 99.7 cm³/mol. The molecule has 0 spiro atoms. The van der Waals surface area contributed by atoms with Crippen molar-refractivity contribution >= 4 is 17.5 Å². The van der Waals surface area contributed by atoms with Crippen molar-refractivity contribution in [2.24, 2.45) is 0 Å². The summed E-state index contributed by atoms with van der Waals surface area (Å²) in [4.78, 5) is 12.4. The van der Waals surface area contributed by atoms with Crippen molar-refractivity contribution in [2.45, 2.75) is 6.54 Å². The molecule has 1 amide bonds. The Balaban J connectivity index is 1.70. The number of aromatic nitrogens is 2. The Labute approximate surface area is 156 Å². The first-order valence-electron chi connectivity index (χ1n) is 7.91. The van der Waals surface area contributed by atoms with E-state index in [-0.39, 0.29) is 5.91 Å². The van der Waals surface area contributed by atoms with Gasteiger partial charge in [0, 0.05) is 22.7 Å². The molecule has 0 saturated carbocycles. The fourth-order valence-electron chi connectivity index (χ4n) is 2.50. The third kappa shape index (κ3) is 3.97. The molecule has 1 aromatic heterocycles. The summed E-state index contributed by atoms with van der Waals surface area (Å²) in [6.07, 6.45) is 0. The Hall–Kier alpha value is -2.99. The van der Waals surface area contributed by atoms with Crippen LogP contribution in [0.5, 0.6) is 11.5 Å². The average Bonchev–Trinajstić information content (AvgIpc) is 3.16. The molecule has 6 nitrogen and oxygen atoms in total. The lowest BCUT2D eigenvalue weighted by molar-refractivity contribution is 0.0945. The molecule has 0 saturated heterocycles. The molecule has 26 heavy (non-hydrogen) atoms. The van der Waals surface area contributed by atoms with Crippen LogP contribution in [0.4, 0.5) is 0 Å². The molecule has 0 radical (unpaired) electrons. The maximum atomic E-state index is 12.4. The van der Waals surface area contributed by atoms with Crippen molar-refractivity contribution in [1.82, 2.24) is 15.5 Å². The van der Waals surface area contributed by atoms with E-state index in [1.54, 1.807) is 44.6 Å². The molecule has 0 aliphatic rings. The highest BCUT2D eigenvalue weighted by Gasteiger charge is 2.12. The number of benzene rings is 2. The number of nitrogens with zero attached hydrogens (tertiary/aromatic N) is 1. The number of amides is 1. The van der Waals surface area contributed by atoms with Crippen LogP contribution in [0.15, 0.2) is 48.5 Å². The Morgan fingerprint density at radius 1 is 1.12 bits per heavy atom. The standard InChI is InChI=1S/C19H18ClN3O3/c1-25-15-7-8-18(26-2)13(9-15)11-21-19(24)17-10-16(22-23-17)12-3-5-14(20)6-4-12/h3-10H,11H2,1-2H3,(H,21,24)(H,22,23). The average molecular weight is 372 g/mol. The summed E-state index contributed by atoms with van der Waals surface area (Å²) in [5, 5.41) is 10.4. The number of carbonyl (C=O) groups excluding carboxylic acids is 1. The van der Waals surface area contributed by atoms with Gasteiger partial charge in [0.05, 0.1) is 19.9 Å². The zero-order valence-electron chi connectivity index (χ0n) is 14.4. The van der Waals surface area contributed by atoms with Gasteiger partial charge in [0.25, 0.3) is 5.91 Å². The maximum absolute atomic E-state index is 12.4. The third-order valence-corrected chi connectivity index (χ3v) is 4.14. The Morgan fingerprint density at radius 3 is 2.58 bits per heavy atom. The van der Waals surface area contributed by atoms with E-state index in [2.05, 4.69) is 15.5 Å². The van der Waals surface area contributed by atoms with Gasteiger partial charge in [-0.15, -0.1) is 0 Å². The summed E-state index contributed by atoms with van der Waals surface area (Å²) >= 11 is 5.89. The number of halogens is 1. The molecule has 0 aliphatic carbocycles. The molecule has 0 unspecified atom stereocenters. The maximum Gasteiger partial charge on any atom is 0.269 e. The van der Waals surface area contributed by atoms with Gasteiger partial charge in [-0.25, -0.2) is 0 Å². The molecule has 0 aliphatic heterocycles. The molecule has 3 rings (SSSR count). The highest BCUT2D eigenvalue weighted by atomic mass is 35.5. The first kappa shape index (κ1) is 17.8. The largest absolute Gasteiger partial charge is 0.497 e. The highest BCUT2D eigenvalue weighted by Crippen LogP contribution is 2.24. The zero-order valence-corrected chi connectivity index (χ0v) is 15.1. The number of aromatic amines is 1. The van der Waals surface area contributed by atoms with E-state index < -0.39 is 0 Å². The van der Waals surface area contributed by atoms with Gasteiger partial charge in [-0.05, 0) is 36.4 Å². The molecule has 1 heterocycles. The lowest BCUT2D eigenvalue weighted by Crippen LogP contribution is -2.23. The summed E-state index contributed by atoms with van der Waals surface area (Å²) < 4.78 is 10.5. The first-order chi connectivity index (χ1) is 12.6. The zero-order chi connectivity index (χ0) is 18.5. The van der Waals surface area contributed by atoms with E-state index in [1.165, 1.54) is 0 Å².